The maximum Gasteiger partial charge on any atom is 0.332 e. The fourth-order valence-electron chi connectivity index (χ4n) is 3.23. The Kier molecular flexibility index (Phi) is 7.87. The summed E-state index contributed by atoms with van der Waals surface area (Å²) in [6.45, 7) is 3.87. The average Bonchev–Trinajstić information content (AvgIpc) is 2.80. The minimum Gasteiger partial charge on any atom is -0.489 e. The molecule has 0 saturated heterocycles. The third kappa shape index (κ3) is 6.09. The summed E-state index contributed by atoms with van der Waals surface area (Å²) >= 11 is 6.25. The number of nitrogens with two attached hydrogens (primary N) is 1. The number of benzene rings is 3. The molecular formula is C25H26ClN3O3. The summed E-state index contributed by atoms with van der Waals surface area (Å²) in [7, 11) is 0. The van der Waals surface area contributed by atoms with Crippen molar-refractivity contribution in [2.75, 3.05) is 6.54 Å². The summed E-state index contributed by atoms with van der Waals surface area (Å²) in [6.07, 6.45) is -0.0360. The molecule has 3 rings (SSSR count). The van der Waals surface area contributed by atoms with Gasteiger partial charge in [-0.15, -0.1) is 0 Å². The van der Waals surface area contributed by atoms with Crippen LogP contribution in [0.25, 0.3) is 11.1 Å². The molecule has 0 aliphatic carbocycles. The van der Waals surface area contributed by atoms with Crippen LogP contribution in [0.4, 0.5) is 4.79 Å². The van der Waals surface area contributed by atoms with Crippen molar-refractivity contribution in [3.63, 3.8) is 0 Å². The zero-order chi connectivity index (χ0) is 23.1. The quantitative estimate of drug-likeness (QED) is 0.217. The zero-order valence-electron chi connectivity index (χ0n) is 18.0. The highest BCUT2D eigenvalue weighted by Crippen LogP contribution is 2.27. The molecule has 0 bridgehead atoms. The van der Waals surface area contributed by atoms with Crippen molar-refractivity contribution in [1.29, 1.82) is 0 Å². The van der Waals surface area contributed by atoms with E-state index in [-0.39, 0.29) is 25.0 Å². The van der Waals surface area contributed by atoms with Gasteiger partial charge in [0, 0.05) is 12.1 Å². The first kappa shape index (κ1) is 23.3. The van der Waals surface area contributed by atoms with Crippen LogP contribution in [-0.4, -0.2) is 29.4 Å². The molecule has 0 atom stereocenters. The summed E-state index contributed by atoms with van der Waals surface area (Å²) < 4.78 is 5.60. The van der Waals surface area contributed by atoms with Gasteiger partial charge in [-0.1, -0.05) is 66.2 Å². The Morgan fingerprint density at radius 1 is 1.00 bits per heavy atom. The summed E-state index contributed by atoms with van der Waals surface area (Å²) in [4.78, 5) is 26.5. The number of amides is 2. The molecule has 3 aromatic rings. The van der Waals surface area contributed by atoms with Crippen molar-refractivity contribution in [2.45, 2.75) is 26.5 Å². The number of nitrogens with one attached hydrogen (secondary N) is 1. The Bertz CT molecular complexity index is 1070. The minimum atomic E-state index is -0.545. The van der Waals surface area contributed by atoms with E-state index in [2.05, 4.69) is 5.43 Å². The molecule has 6 nitrogen and oxygen atoms in total. The van der Waals surface area contributed by atoms with E-state index in [0.29, 0.717) is 16.3 Å². The van der Waals surface area contributed by atoms with Gasteiger partial charge in [0.1, 0.15) is 5.75 Å². The van der Waals surface area contributed by atoms with Gasteiger partial charge in [-0.3, -0.25) is 10.2 Å². The monoisotopic (exact) mass is 451 g/mol. The highest BCUT2D eigenvalue weighted by molar-refractivity contribution is 6.32. The lowest BCUT2D eigenvalue weighted by atomic mass is 10.0. The number of ether oxygens (including phenoxy) is 1. The van der Waals surface area contributed by atoms with Crippen molar-refractivity contribution in [3.8, 4) is 16.9 Å². The van der Waals surface area contributed by atoms with Crippen LogP contribution in [-0.2, 0) is 6.54 Å². The third-order valence-electron chi connectivity index (χ3n) is 4.80. The zero-order valence-corrected chi connectivity index (χ0v) is 18.8. The van der Waals surface area contributed by atoms with Gasteiger partial charge in [-0.05, 0) is 48.7 Å². The van der Waals surface area contributed by atoms with Gasteiger partial charge < -0.3 is 9.64 Å². The van der Waals surface area contributed by atoms with Gasteiger partial charge in [0.05, 0.1) is 17.7 Å². The van der Waals surface area contributed by atoms with Crippen LogP contribution in [0.2, 0.25) is 5.02 Å². The number of nitrogens with zero attached hydrogens (tertiary/aromatic N) is 1. The Morgan fingerprint density at radius 2 is 1.66 bits per heavy atom. The second-order valence-electron chi connectivity index (χ2n) is 7.60. The molecular weight excluding hydrogens is 426 g/mol. The molecule has 7 heteroatoms. The molecule has 166 valence electrons. The normalized spacial score (nSPS) is 10.7. The summed E-state index contributed by atoms with van der Waals surface area (Å²) in [6, 6.07) is 22.1. The van der Waals surface area contributed by atoms with Crippen molar-refractivity contribution in [2.24, 2.45) is 5.84 Å². The van der Waals surface area contributed by atoms with Gasteiger partial charge in [0.15, 0.2) is 5.78 Å². The molecule has 0 heterocycles. The SMILES string of the molecule is CC(C)Oc1ccc(C(=O)CN(Cc2ccc(-c3ccccc3)cc2)C(=O)NN)cc1Cl. The maximum absolute atomic E-state index is 12.8. The van der Waals surface area contributed by atoms with E-state index in [9.17, 15) is 9.59 Å². The summed E-state index contributed by atoms with van der Waals surface area (Å²) in [5.74, 6) is 5.59. The number of hydrogen-bond donors (Lipinski definition) is 2. The Morgan fingerprint density at radius 3 is 2.25 bits per heavy atom. The van der Waals surface area contributed by atoms with E-state index in [1.165, 1.54) is 4.90 Å². The minimum absolute atomic E-state index is 0.0360. The van der Waals surface area contributed by atoms with Gasteiger partial charge in [-0.2, -0.15) is 0 Å². The van der Waals surface area contributed by atoms with E-state index < -0.39 is 6.03 Å². The van der Waals surface area contributed by atoms with E-state index in [1.54, 1.807) is 18.2 Å². The second-order valence-corrected chi connectivity index (χ2v) is 8.01. The Labute approximate surface area is 192 Å². The molecule has 0 spiro atoms. The molecule has 3 aromatic carbocycles. The number of hydrazine groups is 1. The largest absolute Gasteiger partial charge is 0.489 e. The van der Waals surface area contributed by atoms with E-state index in [0.717, 1.165) is 16.7 Å². The lowest BCUT2D eigenvalue weighted by Crippen LogP contribution is -2.45. The maximum atomic E-state index is 12.8. The van der Waals surface area contributed by atoms with Crippen LogP contribution in [0.5, 0.6) is 5.75 Å². The van der Waals surface area contributed by atoms with E-state index >= 15 is 0 Å². The lowest BCUT2D eigenvalue weighted by Gasteiger charge is -2.22. The fraction of sp³-hybridized carbons (Fsp3) is 0.200. The van der Waals surface area contributed by atoms with Crippen LogP contribution in [0.3, 0.4) is 0 Å². The average molecular weight is 452 g/mol. The van der Waals surface area contributed by atoms with Gasteiger partial charge in [-0.25, -0.2) is 10.6 Å². The highest BCUT2D eigenvalue weighted by Gasteiger charge is 2.19. The smallest absolute Gasteiger partial charge is 0.332 e. The predicted octanol–water partition coefficient (Wildman–Crippen LogP) is 5.06. The van der Waals surface area contributed by atoms with Crippen LogP contribution < -0.4 is 16.0 Å². The molecule has 3 N–H and O–H groups in total. The molecule has 2 amide bonds. The second kappa shape index (κ2) is 10.8. The number of rotatable bonds is 8. The molecule has 0 aliphatic heterocycles. The Hall–Kier alpha value is -3.35. The van der Waals surface area contributed by atoms with Crippen molar-refractivity contribution in [1.82, 2.24) is 10.3 Å². The molecule has 0 radical (unpaired) electrons. The molecule has 32 heavy (non-hydrogen) atoms. The molecule has 0 fully saturated rings. The number of halogens is 1. The Balaban J connectivity index is 1.72. The van der Waals surface area contributed by atoms with E-state index in [4.69, 9.17) is 22.2 Å². The van der Waals surface area contributed by atoms with Gasteiger partial charge in [0.25, 0.3) is 0 Å². The number of carbonyl (C=O) groups excluding carboxylic acids is 2. The van der Waals surface area contributed by atoms with Crippen molar-refractivity contribution >= 4 is 23.4 Å². The first-order chi connectivity index (χ1) is 15.4. The highest BCUT2D eigenvalue weighted by atomic mass is 35.5. The predicted molar refractivity (Wildman–Crippen MR) is 127 cm³/mol. The van der Waals surface area contributed by atoms with Gasteiger partial charge >= 0.3 is 6.03 Å². The number of ketones is 1. The fourth-order valence-corrected chi connectivity index (χ4v) is 3.46. The van der Waals surface area contributed by atoms with E-state index in [1.807, 2.05) is 68.4 Å². The first-order valence-electron chi connectivity index (χ1n) is 10.3. The summed E-state index contributed by atoms with van der Waals surface area (Å²) in [5.41, 5.74) is 5.55. The number of carbonyl (C=O) groups is 2. The third-order valence-corrected chi connectivity index (χ3v) is 5.09. The van der Waals surface area contributed by atoms with Crippen LogP contribution in [0.1, 0.15) is 29.8 Å². The topological polar surface area (TPSA) is 84.7 Å². The molecule has 0 saturated carbocycles. The van der Waals surface area contributed by atoms with Crippen molar-refractivity contribution in [3.05, 3.63) is 88.9 Å². The number of hydrogen-bond acceptors (Lipinski definition) is 4. The first-order valence-corrected chi connectivity index (χ1v) is 10.6. The number of Topliss-reactive ketones (excluding diaryl/α,β-unsaturated/α-hetero) is 1. The molecule has 0 aromatic heterocycles. The number of urea groups is 1. The van der Waals surface area contributed by atoms with Gasteiger partial charge in [0.2, 0.25) is 0 Å². The van der Waals surface area contributed by atoms with Crippen molar-refractivity contribution < 1.29 is 14.3 Å². The molecule has 0 aliphatic rings. The van der Waals surface area contributed by atoms with Crippen LogP contribution in [0.15, 0.2) is 72.8 Å². The molecule has 0 unspecified atom stereocenters. The lowest BCUT2D eigenvalue weighted by molar-refractivity contribution is 0.0939. The van der Waals surface area contributed by atoms with Crippen LogP contribution in [0, 0.1) is 0 Å². The standard InChI is InChI=1S/C25H26ClN3O3/c1-17(2)32-24-13-12-21(14-22(24)26)23(30)16-29(25(31)28-27)15-18-8-10-20(11-9-18)19-6-4-3-5-7-19/h3-14,17H,15-16,27H2,1-2H3,(H,28,31). The summed E-state index contributed by atoms with van der Waals surface area (Å²) in [5, 5.41) is 0.343. The van der Waals surface area contributed by atoms with Crippen LogP contribution >= 0.6 is 11.6 Å².